The number of rotatable bonds is 5. The summed E-state index contributed by atoms with van der Waals surface area (Å²) in [5.74, 6) is 1.23. The van der Waals surface area contributed by atoms with E-state index in [4.69, 9.17) is 9.47 Å². The molecule has 1 aliphatic rings. The smallest absolute Gasteiger partial charge is 0.262 e. The highest BCUT2D eigenvalue weighted by Gasteiger charge is 2.27. The number of amides is 1. The van der Waals surface area contributed by atoms with E-state index in [0.29, 0.717) is 29.5 Å². The van der Waals surface area contributed by atoms with Gasteiger partial charge in [0.1, 0.15) is 11.5 Å². The van der Waals surface area contributed by atoms with E-state index in [0.717, 1.165) is 0 Å². The first-order chi connectivity index (χ1) is 14.4. The second-order valence-corrected chi connectivity index (χ2v) is 8.29. The van der Waals surface area contributed by atoms with E-state index in [1.807, 2.05) is 25.1 Å². The minimum Gasteiger partial charge on any atom is -0.497 e. The number of nitrogens with zero attached hydrogens (tertiary/aromatic N) is 1. The quantitative estimate of drug-likeness (QED) is 0.661. The summed E-state index contributed by atoms with van der Waals surface area (Å²) in [6.45, 7) is 2.32. The first-order valence-corrected chi connectivity index (χ1v) is 10.8. The first kappa shape index (κ1) is 19.8. The van der Waals surface area contributed by atoms with Crippen LogP contribution in [-0.4, -0.2) is 28.0 Å². The highest BCUT2D eigenvalue weighted by atomic mass is 32.2. The highest BCUT2D eigenvalue weighted by Crippen LogP contribution is 2.39. The van der Waals surface area contributed by atoms with Crippen LogP contribution in [0.25, 0.3) is 0 Å². The number of ether oxygens (including phenoxy) is 2. The van der Waals surface area contributed by atoms with Gasteiger partial charge in [0.05, 0.1) is 23.3 Å². The zero-order chi connectivity index (χ0) is 21.3. The van der Waals surface area contributed by atoms with Crippen LogP contribution in [0, 0.1) is 0 Å². The minimum absolute atomic E-state index is 0.0865. The van der Waals surface area contributed by atoms with Crippen LogP contribution in [0.5, 0.6) is 17.2 Å². The molecule has 0 spiro atoms. The van der Waals surface area contributed by atoms with E-state index in [1.165, 1.54) is 25.3 Å². The molecule has 0 atom stereocenters. The van der Waals surface area contributed by atoms with Crippen molar-refractivity contribution in [2.45, 2.75) is 11.8 Å². The molecule has 0 aromatic heterocycles. The summed E-state index contributed by atoms with van der Waals surface area (Å²) in [5, 5.41) is 0. The zero-order valence-corrected chi connectivity index (χ0v) is 17.3. The molecule has 1 amide bonds. The molecule has 30 heavy (non-hydrogen) atoms. The third-order valence-corrected chi connectivity index (χ3v) is 6.17. The van der Waals surface area contributed by atoms with Crippen molar-refractivity contribution in [2.75, 3.05) is 23.3 Å². The van der Waals surface area contributed by atoms with E-state index >= 15 is 0 Å². The second-order valence-electron chi connectivity index (χ2n) is 6.61. The number of benzene rings is 3. The van der Waals surface area contributed by atoms with Gasteiger partial charge in [0, 0.05) is 12.2 Å². The average molecular weight is 424 g/mol. The maximum absolute atomic E-state index is 13.1. The largest absolute Gasteiger partial charge is 0.497 e. The number of sulfonamides is 1. The number of para-hydroxylation sites is 2. The van der Waals surface area contributed by atoms with Gasteiger partial charge in [-0.25, -0.2) is 8.42 Å². The molecule has 154 valence electrons. The van der Waals surface area contributed by atoms with E-state index in [9.17, 15) is 13.2 Å². The molecular weight excluding hydrogens is 404 g/mol. The van der Waals surface area contributed by atoms with Crippen molar-refractivity contribution in [3.8, 4) is 17.2 Å². The predicted molar refractivity (Wildman–Crippen MR) is 114 cm³/mol. The summed E-state index contributed by atoms with van der Waals surface area (Å²) in [6, 6.07) is 18.0. The molecule has 1 heterocycles. The number of methoxy groups -OCH3 is 1. The lowest BCUT2D eigenvalue weighted by molar-refractivity contribution is 0.0988. The number of carbonyl (C=O) groups is 1. The molecule has 3 aromatic carbocycles. The van der Waals surface area contributed by atoms with Gasteiger partial charge < -0.3 is 14.4 Å². The van der Waals surface area contributed by atoms with Crippen LogP contribution < -0.4 is 19.1 Å². The summed E-state index contributed by atoms with van der Waals surface area (Å²) in [6.07, 6.45) is 0. The number of nitrogens with one attached hydrogen (secondary N) is 1. The highest BCUT2D eigenvalue weighted by molar-refractivity contribution is 7.92. The molecule has 1 N–H and O–H groups in total. The fraction of sp³-hybridized carbons (Fsp3) is 0.136. The molecule has 1 aliphatic heterocycles. The SMILES string of the molecule is CCN1C(=O)c2cc(NS(=O)(=O)c3ccc(OC)cc3)ccc2Oc2ccccc21. The predicted octanol–water partition coefficient (Wildman–Crippen LogP) is 4.27. The van der Waals surface area contributed by atoms with Crippen LogP contribution in [0.1, 0.15) is 17.3 Å². The van der Waals surface area contributed by atoms with Crippen molar-refractivity contribution in [3.63, 3.8) is 0 Å². The van der Waals surface area contributed by atoms with Crippen molar-refractivity contribution in [1.29, 1.82) is 0 Å². The van der Waals surface area contributed by atoms with Crippen molar-refractivity contribution >= 4 is 27.3 Å². The Bertz CT molecular complexity index is 1210. The van der Waals surface area contributed by atoms with Gasteiger partial charge in [-0.1, -0.05) is 12.1 Å². The van der Waals surface area contributed by atoms with E-state index < -0.39 is 10.0 Å². The lowest BCUT2D eigenvalue weighted by atomic mass is 10.1. The van der Waals surface area contributed by atoms with Crippen LogP contribution in [0.4, 0.5) is 11.4 Å². The molecule has 0 bridgehead atoms. The van der Waals surface area contributed by atoms with Crippen molar-refractivity contribution in [3.05, 3.63) is 72.3 Å². The lowest BCUT2D eigenvalue weighted by Crippen LogP contribution is -2.29. The van der Waals surface area contributed by atoms with Crippen LogP contribution in [-0.2, 0) is 10.0 Å². The van der Waals surface area contributed by atoms with E-state index in [-0.39, 0.29) is 22.1 Å². The lowest BCUT2D eigenvalue weighted by Gasteiger charge is -2.20. The Labute approximate surface area is 174 Å². The standard InChI is InChI=1S/C22H20N2O5S/c1-3-24-19-6-4-5-7-21(19)29-20-13-8-15(14-18(20)22(24)25)23-30(26,27)17-11-9-16(28-2)10-12-17/h4-14,23H,3H2,1-2H3. The Hall–Kier alpha value is -3.52. The number of carbonyl (C=O) groups excluding carboxylic acids is 1. The molecule has 0 aliphatic carbocycles. The topological polar surface area (TPSA) is 84.9 Å². The summed E-state index contributed by atoms with van der Waals surface area (Å²) in [4.78, 5) is 14.8. The van der Waals surface area contributed by atoms with Crippen LogP contribution >= 0.6 is 0 Å². The van der Waals surface area contributed by atoms with E-state index in [2.05, 4.69) is 4.72 Å². The van der Waals surface area contributed by atoms with Gasteiger partial charge in [0.2, 0.25) is 0 Å². The Morgan fingerprint density at radius 2 is 1.73 bits per heavy atom. The monoisotopic (exact) mass is 424 g/mol. The maximum Gasteiger partial charge on any atom is 0.262 e. The molecule has 8 heteroatoms. The van der Waals surface area contributed by atoms with E-state index in [1.54, 1.807) is 35.2 Å². The van der Waals surface area contributed by atoms with Gasteiger partial charge in [-0.3, -0.25) is 9.52 Å². The molecule has 3 aromatic rings. The van der Waals surface area contributed by atoms with Gasteiger partial charge in [0.25, 0.3) is 15.9 Å². The third kappa shape index (κ3) is 3.57. The molecule has 0 radical (unpaired) electrons. The van der Waals surface area contributed by atoms with Crippen LogP contribution in [0.3, 0.4) is 0 Å². The number of anilines is 2. The molecule has 0 saturated carbocycles. The summed E-state index contributed by atoms with van der Waals surface area (Å²) >= 11 is 0. The number of hydrogen-bond donors (Lipinski definition) is 1. The van der Waals surface area contributed by atoms with Gasteiger partial charge in [-0.15, -0.1) is 0 Å². The van der Waals surface area contributed by atoms with Gasteiger partial charge in [-0.2, -0.15) is 0 Å². The normalized spacial score (nSPS) is 13.0. The van der Waals surface area contributed by atoms with Gasteiger partial charge in [-0.05, 0) is 61.5 Å². The molecule has 0 unspecified atom stereocenters. The second kappa shape index (κ2) is 7.72. The van der Waals surface area contributed by atoms with Crippen molar-refractivity contribution in [2.24, 2.45) is 0 Å². The zero-order valence-electron chi connectivity index (χ0n) is 16.5. The molecule has 0 saturated heterocycles. The van der Waals surface area contributed by atoms with Gasteiger partial charge in [0.15, 0.2) is 5.75 Å². The molecule has 4 rings (SSSR count). The number of fused-ring (bicyclic) bond motifs is 2. The molecular formula is C22H20N2O5S. The third-order valence-electron chi connectivity index (χ3n) is 4.77. The first-order valence-electron chi connectivity index (χ1n) is 9.32. The Balaban J connectivity index is 1.69. The Kier molecular flexibility index (Phi) is 5.09. The average Bonchev–Trinajstić information content (AvgIpc) is 2.87. The summed E-state index contributed by atoms with van der Waals surface area (Å²) in [7, 11) is -2.33. The maximum atomic E-state index is 13.1. The summed E-state index contributed by atoms with van der Waals surface area (Å²) < 4.78 is 39.0. The van der Waals surface area contributed by atoms with Gasteiger partial charge >= 0.3 is 0 Å². The van der Waals surface area contributed by atoms with Crippen molar-refractivity contribution in [1.82, 2.24) is 0 Å². The molecule has 7 nitrogen and oxygen atoms in total. The summed E-state index contributed by atoms with van der Waals surface area (Å²) in [5.41, 5.74) is 1.22. The van der Waals surface area contributed by atoms with Crippen LogP contribution in [0.2, 0.25) is 0 Å². The Morgan fingerprint density at radius 3 is 2.43 bits per heavy atom. The molecule has 0 fully saturated rings. The van der Waals surface area contributed by atoms with Crippen molar-refractivity contribution < 1.29 is 22.7 Å². The minimum atomic E-state index is -3.84. The fourth-order valence-corrected chi connectivity index (χ4v) is 4.32. The van der Waals surface area contributed by atoms with Crippen LogP contribution in [0.15, 0.2) is 71.6 Å². The Morgan fingerprint density at radius 1 is 1.00 bits per heavy atom. The fourth-order valence-electron chi connectivity index (χ4n) is 3.27. The number of hydrogen-bond acceptors (Lipinski definition) is 5.